The van der Waals surface area contributed by atoms with E-state index < -0.39 is 0 Å². The standard InChI is InChI=1S/C13H19NO/c1-9(2)13(15)14-11(4)12-8-6-5-7-10(12)3/h5-9,11H,1-4H3,(H,14,15)/t11-/m1/s1. The molecular weight excluding hydrogens is 186 g/mol. The Morgan fingerprint density at radius 1 is 1.20 bits per heavy atom. The third kappa shape index (κ3) is 3.08. The second-order valence-corrected chi connectivity index (χ2v) is 4.24. The van der Waals surface area contributed by atoms with Crippen molar-refractivity contribution in [3.8, 4) is 0 Å². The van der Waals surface area contributed by atoms with E-state index >= 15 is 0 Å². The summed E-state index contributed by atoms with van der Waals surface area (Å²) in [5.41, 5.74) is 2.40. The molecule has 2 nitrogen and oxygen atoms in total. The summed E-state index contributed by atoms with van der Waals surface area (Å²) in [7, 11) is 0. The van der Waals surface area contributed by atoms with Gasteiger partial charge in [-0.15, -0.1) is 0 Å². The van der Waals surface area contributed by atoms with Crippen LogP contribution < -0.4 is 5.32 Å². The zero-order valence-electron chi connectivity index (χ0n) is 9.87. The van der Waals surface area contributed by atoms with Gasteiger partial charge in [0.25, 0.3) is 0 Å². The first kappa shape index (κ1) is 11.8. The Morgan fingerprint density at radius 3 is 2.33 bits per heavy atom. The average molecular weight is 205 g/mol. The summed E-state index contributed by atoms with van der Waals surface area (Å²) in [4.78, 5) is 11.5. The predicted molar refractivity (Wildman–Crippen MR) is 62.6 cm³/mol. The smallest absolute Gasteiger partial charge is 0.223 e. The lowest BCUT2D eigenvalue weighted by Crippen LogP contribution is -2.30. The normalized spacial score (nSPS) is 12.6. The predicted octanol–water partition coefficient (Wildman–Crippen LogP) is 2.83. The quantitative estimate of drug-likeness (QED) is 0.807. The zero-order valence-corrected chi connectivity index (χ0v) is 9.87. The van der Waals surface area contributed by atoms with E-state index in [4.69, 9.17) is 0 Å². The Kier molecular flexibility index (Phi) is 3.89. The van der Waals surface area contributed by atoms with Crippen molar-refractivity contribution in [2.24, 2.45) is 5.92 Å². The van der Waals surface area contributed by atoms with Crippen LogP contribution in [0.15, 0.2) is 24.3 Å². The lowest BCUT2D eigenvalue weighted by molar-refractivity contribution is -0.124. The van der Waals surface area contributed by atoms with Crippen LogP contribution in [0, 0.1) is 12.8 Å². The second-order valence-electron chi connectivity index (χ2n) is 4.24. The van der Waals surface area contributed by atoms with E-state index in [1.165, 1.54) is 11.1 Å². The van der Waals surface area contributed by atoms with Crippen molar-refractivity contribution in [2.75, 3.05) is 0 Å². The van der Waals surface area contributed by atoms with Gasteiger partial charge in [0.15, 0.2) is 0 Å². The number of nitrogens with one attached hydrogen (secondary N) is 1. The van der Waals surface area contributed by atoms with E-state index in [-0.39, 0.29) is 17.9 Å². The Labute approximate surface area is 91.7 Å². The van der Waals surface area contributed by atoms with Crippen LogP contribution in [-0.4, -0.2) is 5.91 Å². The van der Waals surface area contributed by atoms with Crippen LogP contribution in [0.2, 0.25) is 0 Å². The van der Waals surface area contributed by atoms with E-state index in [1.807, 2.05) is 32.9 Å². The van der Waals surface area contributed by atoms with Crippen LogP contribution in [-0.2, 0) is 4.79 Å². The molecule has 82 valence electrons. The van der Waals surface area contributed by atoms with E-state index in [0.717, 1.165) is 0 Å². The molecule has 0 saturated carbocycles. The van der Waals surface area contributed by atoms with Crippen LogP contribution >= 0.6 is 0 Å². The fourth-order valence-electron chi connectivity index (χ4n) is 1.53. The van der Waals surface area contributed by atoms with E-state index in [0.29, 0.717) is 0 Å². The minimum atomic E-state index is 0.0384. The topological polar surface area (TPSA) is 29.1 Å². The molecule has 15 heavy (non-hydrogen) atoms. The molecule has 0 bridgehead atoms. The maximum absolute atomic E-state index is 11.5. The summed E-state index contributed by atoms with van der Waals surface area (Å²) in [6.07, 6.45) is 0. The summed E-state index contributed by atoms with van der Waals surface area (Å²) >= 11 is 0. The fraction of sp³-hybridized carbons (Fsp3) is 0.462. The van der Waals surface area contributed by atoms with Crippen molar-refractivity contribution in [3.63, 3.8) is 0 Å². The summed E-state index contributed by atoms with van der Waals surface area (Å²) in [6, 6.07) is 8.21. The highest BCUT2D eigenvalue weighted by atomic mass is 16.1. The molecule has 0 aliphatic heterocycles. The highest BCUT2D eigenvalue weighted by Crippen LogP contribution is 2.16. The molecule has 2 heteroatoms. The zero-order chi connectivity index (χ0) is 11.4. The molecule has 0 aliphatic rings. The molecule has 1 N–H and O–H groups in total. The molecule has 1 atom stereocenters. The average Bonchev–Trinajstić information content (AvgIpc) is 2.18. The molecule has 1 aromatic carbocycles. The van der Waals surface area contributed by atoms with Gasteiger partial charge in [-0.25, -0.2) is 0 Å². The number of carbonyl (C=O) groups excluding carboxylic acids is 1. The highest BCUT2D eigenvalue weighted by Gasteiger charge is 2.13. The molecule has 0 fully saturated rings. The molecule has 0 spiro atoms. The van der Waals surface area contributed by atoms with Crippen molar-refractivity contribution in [1.29, 1.82) is 0 Å². The van der Waals surface area contributed by atoms with Gasteiger partial charge >= 0.3 is 0 Å². The lowest BCUT2D eigenvalue weighted by atomic mass is 10.0. The van der Waals surface area contributed by atoms with Crippen LogP contribution in [0.4, 0.5) is 0 Å². The minimum absolute atomic E-state index is 0.0384. The SMILES string of the molecule is Cc1ccccc1[C@@H](C)NC(=O)C(C)C. The van der Waals surface area contributed by atoms with Crippen molar-refractivity contribution in [1.82, 2.24) is 5.32 Å². The van der Waals surface area contributed by atoms with Gasteiger partial charge in [0, 0.05) is 5.92 Å². The molecule has 0 aliphatic carbocycles. The maximum Gasteiger partial charge on any atom is 0.223 e. The molecule has 1 amide bonds. The van der Waals surface area contributed by atoms with Crippen molar-refractivity contribution in [3.05, 3.63) is 35.4 Å². The molecule has 1 aromatic rings. The van der Waals surface area contributed by atoms with Gasteiger partial charge < -0.3 is 5.32 Å². The minimum Gasteiger partial charge on any atom is -0.349 e. The van der Waals surface area contributed by atoms with Crippen LogP contribution in [0.1, 0.15) is 37.9 Å². The van der Waals surface area contributed by atoms with Gasteiger partial charge in [0.05, 0.1) is 6.04 Å². The van der Waals surface area contributed by atoms with Crippen LogP contribution in [0.25, 0.3) is 0 Å². The Balaban J connectivity index is 2.73. The molecule has 1 rings (SSSR count). The van der Waals surface area contributed by atoms with E-state index in [9.17, 15) is 4.79 Å². The molecule has 0 saturated heterocycles. The Bertz CT molecular complexity index is 344. The summed E-state index contributed by atoms with van der Waals surface area (Å²) < 4.78 is 0. The lowest BCUT2D eigenvalue weighted by Gasteiger charge is -2.17. The first-order valence-electron chi connectivity index (χ1n) is 5.38. The van der Waals surface area contributed by atoms with E-state index in [2.05, 4.69) is 24.4 Å². The van der Waals surface area contributed by atoms with Crippen molar-refractivity contribution in [2.45, 2.75) is 33.7 Å². The summed E-state index contributed by atoms with van der Waals surface area (Å²) in [6.45, 7) is 7.88. The first-order chi connectivity index (χ1) is 7.02. The van der Waals surface area contributed by atoms with Crippen molar-refractivity contribution >= 4 is 5.91 Å². The van der Waals surface area contributed by atoms with Gasteiger partial charge in [0.2, 0.25) is 5.91 Å². The Morgan fingerprint density at radius 2 is 1.80 bits per heavy atom. The van der Waals surface area contributed by atoms with Gasteiger partial charge in [-0.2, -0.15) is 0 Å². The highest BCUT2D eigenvalue weighted by molar-refractivity contribution is 5.78. The van der Waals surface area contributed by atoms with Crippen LogP contribution in [0.3, 0.4) is 0 Å². The van der Waals surface area contributed by atoms with Gasteiger partial charge in [-0.1, -0.05) is 38.1 Å². The number of aryl methyl sites for hydroxylation is 1. The Hall–Kier alpha value is -1.31. The molecule has 0 radical (unpaired) electrons. The van der Waals surface area contributed by atoms with Crippen LogP contribution in [0.5, 0.6) is 0 Å². The molecule has 0 aromatic heterocycles. The van der Waals surface area contributed by atoms with Gasteiger partial charge in [-0.3, -0.25) is 4.79 Å². The van der Waals surface area contributed by atoms with Crippen molar-refractivity contribution < 1.29 is 4.79 Å². The van der Waals surface area contributed by atoms with Gasteiger partial charge in [-0.05, 0) is 25.0 Å². The van der Waals surface area contributed by atoms with Gasteiger partial charge in [0.1, 0.15) is 0 Å². The summed E-state index contributed by atoms with van der Waals surface area (Å²) in [5.74, 6) is 0.141. The maximum atomic E-state index is 11.5. The second kappa shape index (κ2) is 4.96. The number of carbonyl (C=O) groups is 1. The third-order valence-corrected chi connectivity index (χ3v) is 2.54. The number of benzene rings is 1. The third-order valence-electron chi connectivity index (χ3n) is 2.54. The summed E-state index contributed by atoms with van der Waals surface area (Å²) in [5, 5.41) is 3.00. The molecule has 0 heterocycles. The molecule has 0 unspecified atom stereocenters. The number of hydrogen-bond acceptors (Lipinski definition) is 1. The monoisotopic (exact) mass is 205 g/mol. The largest absolute Gasteiger partial charge is 0.349 e. The number of rotatable bonds is 3. The number of hydrogen-bond donors (Lipinski definition) is 1. The number of amides is 1. The fourth-order valence-corrected chi connectivity index (χ4v) is 1.53. The first-order valence-corrected chi connectivity index (χ1v) is 5.38. The van der Waals surface area contributed by atoms with E-state index in [1.54, 1.807) is 0 Å². The molecular formula is C13H19NO.